The largest absolute Gasteiger partial charge is 0.493 e. The maximum Gasteiger partial charge on any atom is 0.234 e. The molecule has 0 spiro atoms. The van der Waals surface area contributed by atoms with E-state index in [0.717, 1.165) is 33.1 Å². The Labute approximate surface area is 185 Å². The van der Waals surface area contributed by atoms with E-state index >= 15 is 0 Å². The first-order valence-electron chi connectivity index (χ1n) is 9.53. The van der Waals surface area contributed by atoms with Crippen molar-refractivity contribution in [2.45, 2.75) is 26.5 Å². The molecule has 1 amide bonds. The fourth-order valence-corrected chi connectivity index (χ4v) is 4.91. The van der Waals surface area contributed by atoms with Gasteiger partial charge in [0.1, 0.15) is 5.01 Å². The number of amides is 1. The quantitative estimate of drug-likeness (QED) is 0.490. The third-order valence-electron chi connectivity index (χ3n) is 4.61. The molecule has 1 aromatic heterocycles. The molecule has 0 atom stereocenters. The maximum absolute atomic E-state index is 12.4. The summed E-state index contributed by atoms with van der Waals surface area (Å²) in [5.74, 6) is 2.45. The number of aryl methyl sites for hydroxylation is 3. The molecule has 1 N–H and O–H groups in total. The number of hydrogen-bond acceptors (Lipinski definition) is 6. The summed E-state index contributed by atoms with van der Waals surface area (Å²) in [7, 11) is 3.24. The molecule has 0 saturated carbocycles. The monoisotopic (exact) mass is 442 g/mol. The first-order chi connectivity index (χ1) is 14.4. The molecule has 0 aliphatic rings. The summed E-state index contributed by atoms with van der Waals surface area (Å²) < 4.78 is 10.7. The summed E-state index contributed by atoms with van der Waals surface area (Å²) in [4.78, 5) is 17.1. The van der Waals surface area contributed by atoms with Crippen molar-refractivity contribution in [2.24, 2.45) is 0 Å². The van der Waals surface area contributed by atoms with Crippen molar-refractivity contribution in [3.8, 4) is 22.1 Å². The van der Waals surface area contributed by atoms with Crippen LogP contribution in [0, 0.1) is 20.8 Å². The molecule has 158 valence electrons. The van der Waals surface area contributed by atoms with Crippen LogP contribution in [-0.4, -0.2) is 30.9 Å². The van der Waals surface area contributed by atoms with Crippen molar-refractivity contribution in [1.29, 1.82) is 0 Å². The first-order valence-corrected chi connectivity index (χ1v) is 11.6. The lowest BCUT2D eigenvalue weighted by atomic mass is 10.1. The Hall–Kier alpha value is -2.51. The second-order valence-electron chi connectivity index (χ2n) is 7.03. The average molecular weight is 443 g/mol. The SMILES string of the molecule is COc1ccc(-c2nc(CSCC(=O)Nc3c(C)cc(C)cc3C)cs2)cc1OC. The van der Waals surface area contributed by atoms with Crippen LogP contribution in [0.25, 0.3) is 10.6 Å². The maximum atomic E-state index is 12.4. The van der Waals surface area contributed by atoms with Crippen LogP contribution < -0.4 is 14.8 Å². The summed E-state index contributed by atoms with van der Waals surface area (Å²) in [6.07, 6.45) is 0. The lowest BCUT2D eigenvalue weighted by Crippen LogP contribution is -2.16. The van der Waals surface area contributed by atoms with E-state index in [-0.39, 0.29) is 5.91 Å². The number of aromatic nitrogens is 1. The summed E-state index contributed by atoms with van der Waals surface area (Å²) in [6, 6.07) is 9.94. The van der Waals surface area contributed by atoms with E-state index in [4.69, 9.17) is 14.5 Å². The van der Waals surface area contributed by atoms with E-state index in [1.54, 1.807) is 37.3 Å². The lowest BCUT2D eigenvalue weighted by molar-refractivity contribution is -0.113. The zero-order valence-electron chi connectivity index (χ0n) is 17.9. The molecule has 7 heteroatoms. The van der Waals surface area contributed by atoms with Gasteiger partial charge in [0.15, 0.2) is 11.5 Å². The highest BCUT2D eigenvalue weighted by atomic mass is 32.2. The van der Waals surface area contributed by atoms with E-state index < -0.39 is 0 Å². The molecule has 0 unspecified atom stereocenters. The van der Waals surface area contributed by atoms with Crippen LogP contribution in [0.5, 0.6) is 11.5 Å². The molecule has 0 bridgehead atoms. The van der Waals surface area contributed by atoms with E-state index in [1.807, 2.05) is 37.4 Å². The van der Waals surface area contributed by atoms with E-state index in [9.17, 15) is 4.79 Å². The normalized spacial score (nSPS) is 10.7. The highest BCUT2D eigenvalue weighted by Gasteiger charge is 2.11. The molecule has 5 nitrogen and oxygen atoms in total. The van der Waals surface area contributed by atoms with E-state index in [2.05, 4.69) is 24.4 Å². The summed E-state index contributed by atoms with van der Waals surface area (Å²) in [5.41, 5.74) is 6.24. The average Bonchev–Trinajstić information content (AvgIpc) is 3.19. The third-order valence-corrected chi connectivity index (χ3v) is 6.51. The van der Waals surface area contributed by atoms with Crippen molar-refractivity contribution in [3.63, 3.8) is 0 Å². The summed E-state index contributed by atoms with van der Waals surface area (Å²) in [6.45, 7) is 6.10. The van der Waals surface area contributed by atoms with Crippen LogP contribution in [0.1, 0.15) is 22.4 Å². The topological polar surface area (TPSA) is 60.5 Å². The van der Waals surface area contributed by atoms with Gasteiger partial charge in [-0.25, -0.2) is 4.98 Å². The molecule has 2 aromatic carbocycles. The minimum atomic E-state index is 0.00500. The van der Waals surface area contributed by atoms with Gasteiger partial charge in [0, 0.05) is 22.4 Å². The lowest BCUT2D eigenvalue weighted by Gasteiger charge is -2.12. The minimum absolute atomic E-state index is 0.00500. The number of nitrogens with one attached hydrogen (secondary N) is 1. The Morgan fingerprint density at radius 2 is 1.77 bits per heavy atom. The van der Waals surface area contributed by atoms with Crippen LogP contribution in [-0.2, 0) is 10.5 Å². The number of carbonyl (C=O) groups excluding carboxylic acids is 1. The number of ether oxygens (including phenoxy) is 2. The Balaban J connectivity index is 1.57. The number of thiazole rings is 1. The molecule has 0 aliphatic heterocycles. The van der Waals surface area contributed by atoms with Crippen molar-refractivity contribution in [3.05, 3.63) is 58.1 Å². The standard InChI is InChI=1S/C23H26N2O3S2/c1-14-8-15(2)22(16(3)9-14)25-21(26)13-29-11-18-12-30-23(24-18)17-6-7-19(27-4)20(10-17)28-5/h6-10,12H,11,13H2,1-5H3,(H,25,26). The number of nitrogens with zero attached hydrogens (tertiary/aromatic N) is 1. The predicted molar refractivity (Wildman–Crippen MR) is 126 cm³/mol. The molecular weight excluding hydrogens is 416 g/mol. The fourth-order valence-electron chi connectivity index (χ4n) is 3.28. The van der Waals surface area contributed by atoms with Crippen molar-refractivity contribution in [2.75, 3.05) is 25.3 Å². The molecule has 1 heterocycles. The van der Waals surface area contributed by atoms with Crippen LogP contribution in [0.2, 0.25) is 0 Å². The van der Waals surface area contributed by atoms with Gasteiger partial charge in [0.05, 0.1) is 25.7 Å². The molecule has 0 radical (unpaired) electrons. The summed E-state index contributed by atoms with van der Waals surface area (Å²) >= 11 is 3.14. The zero-order chi connectivity index (χ0) is 21.7. The van der Waals surface area contributed by atoms with Crippen molar-refractivity contribution >= 4 is 34.7 Å². The van der Waals surface area contributed by atoms with E-state index in [1.165, 1.54) is 5.56 Å². The molecule has 3 aromatic rings. The van der Waals surface area contributed by atoms with Gasteiger partial charge in [-0.05, 0) is 50.1 Å². The van der Waals surface area contributed by atoms with Gasteiger partial charge < -0.3 is 14.8 Å². The molecule has 0 aliphatic carbocycles. The third kappa shape index (κ3) is 5.34. The van der Waals surface area contributed by atoms with Gasteiger partial charge in [-0.15, -0.1) is 23.1 Å². The second-order valence-corrected chi connectivity index (χ2v) is 8.87. The van der Waals surface area contributed by atoms with Crippen molar-refractivity contribution in [1.82, 2.24) is 4.98 Å². The van der Waals surface area contributed by atoms with Gasteiger partial charge in [0.25, 0.3) is 0 Å². The van der Waals surface area contributed by atoms with Crippen LogP contribution in [0.4, 0.5) is 5.69 Å². The van der Waals surface area contributed by atoms with Crippen molar-refractivity contribution < 1.29 is 14.3 Å². The molecule has 0 fully saturated rings. The molecule has 0 saturated heterocycles. The Kier molecular flexibility index (Phi) is 7.39. The number of anilines is 1. The number of methoxy groups -OCH3 is 2. The number of hydrogen-bond donors (Lipinski definition) is 1. The molecular formula is C23H26N2O3S2. The van der Waals surface area contributed by atoms with E-state index in [0.29, 0.717) is 23.0 Å². The zero-order valence-corrected chi connectivity index (χ0v) is 19.5. The van der Waals surface area contributed by atoms with Crippen LogP contribution >= 0.6 is 23.1 Å². The van der Waals surface area contributed by atoms with Gasteiger partial charge in [-0.2, -0.15) is 0 Å². The summed E-state index contributed by atoms with van der Waals surface area (Å²) in [5, 5.41) is 5.99. The number of rotatable bonds is 8. The predicted octanol–water partition coefficient (Wildman–Crippen LogP) is 5.62. The molecule has 3 rings (SSSR count). The highest BCUT2D eigenvalue weighted by Crippen LogP contribution is 2.34. The number of benzene rings is 2. The second kappa shape index (κ2) is 10.00. The Morgan fingerprint density at radius 3 is 2.43 bits per heavy atom. The van der Waals surface area contributed by atoms with Gasteiger partial charge in [0.2, 0.25) is 5.91 Å². The van der Waals surface area contributed by atoms with Gasteiger partial charge in [-0.3, -0.25) is 4.79 Å². The van der Waals surface area contributed by atoms with Crippen LogP contribution in [0.15, 0.2) is 35.7 Å². The smallest absolute Gasteiger partial charge is 0.234 e. The highest BCUT2D eigenvalue weighted by molar-refractivity contribution is 7.99. The Bertz CT molecular complexity index is 1020. The minimum Gasteiger partial charge on any atom is -0.493 e. The fraction of sp³-hybridized carbons (Fsp3) is 0.304. The van der Waals surface area contributed by atoms with Crippen LogP contribution in [0.3, 0.4) is 0 Å². The number of carbonyl (C=O) groups is 1. The Morgan fingerprint density at radius 1 is 1.07 bits per heavy atom. The van der Waals surface area contributed by atoms with Gasteiger partial charge >= 0.3 is 0 Å². The molecule has 30 heavy (non-hydrogen) atoms. The first kappa shape index (κ1) is 22.2. The van der Waals surface area contributed by atoms with Gasteiger partial charge in [-0.1, -0.05) is 17.7 Å². The number of thioether (sulfide) groups is 1.